The second-order valence-corrected chi connectivity index (χ2v) is 5.30. The van der Waals surface area contributed by atoms with Crippen molar-refractivity contribution in [2.45, 2.75) is 19.6 Å². The summed E-state index contributed by atoms with van der Waals surface area (Å²) < 4.78 is 33.0. The third kappa shape index (κ3) is 3.55. The third-order valence-corrected chi connectivity index (χ3v) is 3.31. The van der Waals surface area contributed by atoms with E-state index in [9.17, 15) is 13.9 Å². The van der Waals surface area contributed by atoms with Gasteiger partial charge in [0.25, 0.3) is 0 Å². The van der Waals surface area contributed by atoms with Gasteiger partial charge in [-0.15, -0.1) is 0 Å². The molecule has 0 aliphatic heterocycles. The van der Waals surface area contributed by atoms with Crippen LogP contribution >= 0.6 is 15.9 Å². The Balaban J connectivity index is 2.22. The van der Waals surface area contributed by atoms with Gasteiger partial charge in [0.2, 0.25) is 0 Å². The molecule has 2 nitrogen and oxygen atoms in total. The quantitative estimate of drug-likeness (QED) is 0.894. The molecule has 0 radical (unpaired) electrons. The number of halogens is 3. The van der Waals surface area contributed by atoms with E-state index >= 15 is 0 Å². The normalized spacial score (nSPS) is 12.2. The average Bonchev–Trinajstić information content (AvgIpc) is 2.39. The molecule has 0 saturated heterocycles. The molecule has 0 bridgehead atoms. The van der Waals surface area contributed by atoms with Crippen molar-refractivity contribution in [3.63, 3.8) is 0 Å². The number of hydrogen-bond donors (Lipinski definition) is 1. The predicted octanol–water partition coefficient (Wildman–Crippen LogP) is 4.36. The Labute approximate surface area is 124 Å². The molecule has 5 heteroatoms. The summed E-state index contributed by atoms with van der Waals surface area (Å²) in [6.07, 6.45) is -0.794. The molecular formula is C15H13BrF2O2. The maximum absolute atomic E-state index is 13.6. The third-order valence-electron chi connectivity index (χ3n) is 2.82. The summed E-state index contributed by atoms with van der Waals surface area (Å²) in [4.78, 5) is 0. The minimum atomic E-state index is -0.794. The van der Waals surface area contributed by atoms with Gasteiger partial charge >= 0.3 is 0 Å². The Hall–Kier alpha value is -1.46. The van der Waals surface area contributed by atoms with Crippen LogP contribution in [-0.4, -0.2) is 5.11 Å². The van der Waals surface area contributed by atoms with Crippen LogP contribution < -0.4 is 4.74 Å². The van der Waals surface area contributed by atoms with Crippen LogP contribution in [0.15, 0.2) is 40.9 Å². The van der Waals surface area contributed by atoms with Crippen LogP contribution in [0, 0.1) is 11.6 Å². The molecule has 0 aromatic heterocycles. The maximum Gasteiger partial charge on any atom is 0.129 e. The van der Waals surface area contributed by atoms with E-state index in [0.717, 1.165) is 4.47 Å². The first-order valence-electron chi connectivity index (χ1n) is 6.01. The Kier molecular flexibility index (Phi) is 4.73. The van der Waals surface area contributed by atoms with Gasteiger partial charge in [-0.1, -0.05) is 15.9 Å². The highest BCUT2D eigenvalue weighted by atomic mass is 79.9. The predicted molar refractivity (Wildman–Crippen MR) is 75.5 cm³/mol. The zero-order valence-electron chi connectivity index (χ0n) is 10.7. The molecule has 2 aromatic carbocycles. The van der Waals surface area contributed by atoms with E-state index < -0.39 is 17.7 Å². The molecule has 0 amide bonds. The highest BCUT2D eigenvalue weighted by molar-refractivity contribution is 9.10. The summed E-state index contributed by atoms with van der Waals surface area (Å²) in [6.45, 7) is 1.51. The van der Waals surface area contributed by atoms with Crippen molar-refractivity contribution in [2.24, 2.45) is 0 Å². The van der Waals surface area contributed by atoms with Crippen molar-refractivity contribution in [1.29, 1.82) is 0 Å². The lowest BCUT2D eigenvalue weighted by molar-refractivity contribution is 0.189. The van der Waals surface area contributed by atoms with Crippen molar-refractivity contribution < 1.29 is 18.6 Å². The Bertz CT molecular complexity index is 615. The number of rotatable bonds is 4. The molecule has 20 heavy (non-hydrogen) atoms. The summed E-state index contributed by atoms with van der Waals surface area (Å²) in [5, 5.41) is 9.61. The van der Waals surface area contributed by atoms with Crippen LogP contribution in [0.25, 0.3) is 0 Å². The first-order chi connectivity index (χ1) is 9.47. The summed E-state index contributed by atoms with van der Waals surface area (Å²) >= 11 is 3.25. The van der Waals surface area contributed by atoms with E-state index in [0.29, 0.717) is 11.1 Å². The SMILES string of the molecule is C[C@H](O)c1ccc(F)cc1OCc1cc(Br)ccc1F. The van der Waals surface area contributed by atoms with E-state index in [-0.39, 0.29) is 12.4 Å². The molecule has 0 saturated carbocycles. The fraction of sp³-hybridized carbons (Fsp3) is 0.200. The molecule has 1 N–H and O–H groups in total. The standard InChI is InChI=1S/C15H13BrF2O2/c1-9(19)13-4-3-12(17)7-15(13)20-8-10-6-11(16)2-5-14(10)18/h2-7,9,19H,8H2,1H3/t9-/m0/s1. The van der Waals surface area contributed by atoms with E-state index in [1.165, 1.54) is 24.3 Å². The fourth-order valence-electron chi connectivity index (χ4n) is 1.79. The molecule has 0 aliphatic carbocycles. The minimum Gasteiger partial charge on any atom is -0.488 e. The maximum atomic E-state index is 13.6. The van der Waals surface area contributed by atoms with Gasteiger partial charge < -0.3 is 9.84 Å². The Morgan fingerprint density at radius 1 is 1.20 bits per heavy atom. The fourth-order valence-corrected chi connectivity index (χ4v) is 2.20. The lowest BCUT2D eigenvalue weighted by Crippen LogP contribution is -2.03. The van der Waals surface area contributed by atoms with Crippen molar-refractivity contribution in [2.75, 3.05) is 0 Å². The Morgan fingerprint density at radius 2 is 1.95 bits per heavy atom. The number of benzene rings is 2. The lowest BCUT2D eigenvalue weighted by Gasteiger charge is -2.14. The van der Waals surface area contributed by atoms with Gasteiger partial charge in [-0.3, -0.25) is 0 Å². The molecule has 0 heterocycles. The summed E-state index contributed by atoms with van der Waals surface area (Å²) in [7, 11) is 0. The van der Waals surface area contributed by atoms with Crippen LogP contribution in [0.2, 0.25) is 0 Å². The van der Waals surface area contributed by atoms with Gasteiger partial charge in [-0.25, -0.2) is 8.78 Å². The van der Waals surface area contributed by atoms with E-state index in [2.05, 4.69) is 15.9 Å². The monoisotopic (exact) mass is 342 g/mol. The smallest absolute Gasteiger partial charge is 0.129 e. The molecule has 0 spiro atoms. The Morgan fingerprint density at radius 3 is 2.65 bits per heavy atom. The van der Waals surface area contributed by atoms with Crippen LogP contribution in [0.5, 0.6) is 5.75 Å². The largest absolute Gasteiger partial charge is 0.488 e. The first kappa shape index (κ1) is 14.9. The van der Waals surface area contributed by atoms with Gasteiger partial charge in [0.05, 0.1) is 6.10 Å². The van der Waals surface area contributed by atoms with Gasteiger partial charge in [-0.2, -0.15) is 0 Å². The van der Waals surface area contributed by atoms with Gasteiger partial charge in [0.15, 0.2) is 0 Å². The summed E-state index contributed by atoms with van der Waals surface area (Å²) in [5.74, 6) is -0.665. The number of aliphatic hydroxyl groups excluding tert-OH is 1. The molecule has 0 unspecified atom stereocenters. The zero-order valence-corrected chi connectivity index (χ0v) is 12.3. The van der Waals surface area contributed by atoms with E-state index in [4.69, 9.17) is 4.74 Å². The van der Waals surface area contributed by atoms with E-state index in [1.54, 1.807) is 19.1 Å². The summed E-state index contributed by atoms with van der Waals surface area (Å²) in [5.41, 5.74) is 0.807. The number of ether oxygens (including phenoxy) is 1. The lowest BCUT2D eigenvalue weighted by atomic mass is 10.1. The van der Waals surface area contributed by atoms with Gasteiger partial charge in [-0.05, 0) is 37.3 Å². The molecule has 0 aliphatic rings. The minimum absolute atomic E-state index is 0.0472. The van der Waals surface area contributed by atoms with Gasteiger partial charge in [0.1, 0.15) is 24.0 Å². The molecule has 106 valence electrons. The second kappa shape index (κ2) is 6.33. The van der Waals surface area contributed by atoms with Crippen molar-refractivity contribution in [3.05, 3.63) is 63.6 Å². The highest BCUT2D eigenvalue weighted by Crippen LogP contribution is 2.27. The molecular weight excluding hydrogens is 330 g/mol. The molecule has 0 fully saturated rings. The number of hydrogen-bond acceptors (Lipinski definition) is 2. The average molecular weight is 343 g/mol. The topological polar surface area (TPSA) is 29.5 Å². The number of aliphatic hydroxyl groups is 1. The zero-order chi connectivity index (χ0) is 14.7. The van der Waals surface area contributed by atoms with E-state index in [1.807, 2.05) is 0 Å². The van der Waals surface area contributed by atoms with Crippen LogP contribution in [0.1, 0.15) is 24.2 Å². The molecule has 1 atom stereocenters. The molecule has 2 rings (SSSR count). The van der Waals surface area contributed by atoms with Crippen molar-refractivity contribution in [3.8, 4) is 5.75 Å². The molecule has 2 aromatic rings. The second-order valence-electron chi connectivity index (χ2n) is 4.38. The summed E-state index contributed by atoms with van der Waals surface area (Å²) in [6, 6.07) is 8.38. The van der Waals surface area contributed by atoms with Crippen molar-refractivity contribution in [1.82, 2.24) is 0 Å². The van der Waals surface area contributed by atoms with Crippen molar-refractivity contribution >= 4 is 15.9 Å². The van der Waals surface area contributed by atoms with Crippen LogP contribution in [0.4, 0.5) is 8.78 Å². The van der Waals surface area contributed by atoms with Gasteiger partial charge in [0, 0.05) is 21.7 Å². The highest BCUT2D eigenvalue weighted by Gasteiger charge is 2.12. The first-order valence-corrected chi connectivity index (χ1v) is 6.81. The van der Waals surface area contributed by atoms with Crippen LogP contribution in [0.3, 0.4) is 0 Å². The van der Waals surface area contributed by atoms with Crippen LogP contribution in [-0.2, 0) is 6.61 Å².